The molecule has 1 aromatic carbocycles. The molecule has 2 aliphatic rings. The number of phenolic OH excluding ortho intramolecular Hbond substituents is 1. The SMILES string of the molecule is CCCNCC1(Cc2cccc(O)c2)CC2CCC1C2. The van der Waals surface area contributed by atoms with Crippen molar-refractivity contribution in [2.75, 3.05) is 13.1 Å². The summed E-state index contributed by atoms with van der Waals surface area (Å²) in [5, 5.41) is 13.4. The highest BCUT2D eigenvalue weighted by atomic mass is 16.3. The molecule has 3 unspecified atom stereocenters. The van der Waals surface area contributed by atoms with Gasteiger partial charge in [0.05, 0.1) is 0 Å². The van der Waals surface area contributed by atoms with E-state index in [9.17, 15) is 5.11 Å². The van der Waals surface area contributed by atoms with Crippen molar-refractivity contribution in [3.8, 4) is 5.75 Å². The number of hydrogen-bond acceptors (Lipinski definition) is 2. The Hall–Kier alpha value is -1.02. The molecular formula is C18H27NO. The Morgan fingerprint density at radius 2 is 2.25 bits per heavy atom. The zero-order valence-corrected chi connectivity index (χ0v) is 12.6. The van der Waals surface area contributed by atoms with E-state index >= 15 is 0 Å². The molecule has 0 saturated heterocycles. The van der Waals surface area contributed by atoms with E-state index in [2.05, 4.69) is 18.3 Å². The summed E-state index contributed by atoms with van der Waals surface area (Å²) in [4.78, 5) is 0. The molecule has 2 bridgehead atoms. The van der Waals surface area contributed by atoms with Crippen LogP contribution in [-0.2, 0) is 6.42 Å². The third-order valence-corrected chi connectivity index (χ3v) is 5.47. The summed E-state index contributed by atoms with van der Waals surface area (Å²) in [6, 6.07) is 7.87. The summed E-state index contributed by atoms with van der Waals surface area (Å²) in [5.74, 6) is 2.25. The minimum atomic E-state index is 0.405. The summed E-state index contributed by atoms with van der Waals surface area (Å²) < 4.78 is 0. The first-order valence-electron chi connectivity index (χ1n) is 8.20. The van der Waals surface area contributed by atoms with E-state index < -0.39 is 0 Å². The molecule has 0 spiro atoms. The van der Waals surface area contributed by atoms with E-state index in [1.54, 1.807) is 6.07 Å². The van der Waals surface area contributed by atoms with Gasteiger partial charge in [-0.2, -0.15) is 0 Å². The first-order valence-corrected chi connectivity index (χ1v) is 8.20. The van der Waals surface area contributed by atoms with Crippen LogP contribution < -0.4 is 5.32 Å². The standard InChI is InChI=1S/C18H27NO/c1-2-8-19-13-18(12-15-6-7-16(18)9-15)11-14-4-3-5-17(20)10-14/h3-5,10,15-16,19-20H,2,6-9,11-13H2,1H3. The fraction of sp³-hybridized carbons (Fsp3) is 0.667. The fourth-order valence-electron chi connectivity index (χ4n) is 4.64. The van der Waals surface area contributed by atoms with Gasteiger partial charge < -0.3 is 10.4 Å². The highest BCUT2D eigenvalue weighted by Crippen LogP contribution is 2.57. The summed E-state index contributed by atoms with van der Waals surface area (Å²) in [6.07, 6.45) is 8.00. The molecule has 0 aromatic heterocycles. The van der Waals surface area contributed by atoms with Crippen LogP contribution in [0, 0.1) is 17.3 Å². The van der Waals surface area contributed by atoms with Crippen LogP contribution in [0.1, 0.15) is 44.6 Å². The zero-order valence-electron chi connectivity index (χ0n) is 12.6. The van der Waals surface area contributed by atoms with Gasteiger partial charge in [0, 0.05) is 6.54 Å². The van der Waals surface area contributed by atoms with Crippen LogP contribution >= 0.6 is 0 Å². The van der Waals surface area contributed by atoms with Gasteiger partial charge in [0.2, 0.25) is 0 Å². The van der Waals surface area contributed by atoms with E-state index in [1.165, 1.54) is 37.7 Å². The number of rotatable bonds is 6. The first kappa shape index (κ1) is 13.9. The van der Waals surface area contributed by atoms with Gasteiger partial charge in [-0.05, 0) is 73.6 Å². The Morgan fingerprint density at radius 1 is 1.35 bits per heavy atom. The molecule has 2 saturated carbocycles. The Bertz CT molecular complexity index is 458. The predicted molar refractivity (Wildman–Crippen MR) is 82.9 cm³/mol. The molecule has 110 valence electrons. The molecule has 2 nitrogen and oxygen atoms in total. The number of benzene rings is 1. The Balaban J connectivity index is 1.76. The lowest BCUT2D eigenvalue weighted by Gasteiger charge is -2.38. The quantitative estimate of drug-likeness (QED) is 0.774. The largest absolute Gasteiger partial charge is 0.508 e. The highest BCUT2D eigenvalue weighted by Gasteiger charge is 2.50. The second-order valence-electron chi connectivity index (χ2n) is 6.97. The number of fused-ring (bicyclic) bond motifs is 2. The number of phenols is 1. The highest BCUT2D eigenvalue weighted by molar-refractivity contribution is 5.28. The van der Waals surface area contributed by atoms with Gasteiger partial charge in [-0.15, -0.1) is 0 Å². The molecule has 0 aliphatic heterocycles. The third kappa shape index (κ3) is 2.71. The van der Waals surface area contributed by atoms with Crippen LogP contribution in [-0.4, -0.2) is 18.2 Å². The molecule has 3 rings (SSSR count). The van der Waals surface area contributed by atoms with Crippen LogP contribution in [0.3, 0.4) is 0 Å². The van der Waals surface area contributed by atoms with Gasteiger partial charge in [0.15, 0.2) is 0 Å². The molecule has 0 heterocycles. The smallest absolute Gasteiger partial charge is 0.115 e. The van der Waals surface area contributed by atoms with Gasteiger partial charge in [0.25, 0.3) is 0 Å². The minimum absolute atomic E-state index is 0.405. The summed E-state index contributed by atoms with van der Waals surface area (Å²) >= 11 is 0. The number of hydrogen-bond donors (Lipinski definition) is 2. The molecular weight excluding hydrogens is 246 g/mol. The van der Waals surface area contributed by atoms with E-state index in [0.29, 0.717) is 11.2 Å². The van der Waals surface area contributed by atoms with Crippen LogP contribution in [0.25, 0.3) is 0 Å². The molecule has 2 fully saturated rings. The monoisotopic (exact) mass is 273 g/mol. The lowest BCUT2D eigenvalue weighted by molar-refractivity contribution is 0.156. The lowest BCUT2D eigenvalue weighted by Crippen LogP contribution is -2.40. The van der Waals surface area contributed by atoms with Gasteiger partial charge in [-0.25, -0.2) is 0 Å². The summed E-state index contributed by atoms with van der Waals surface area (Å²) in [6.45, 7) is 4.51. The van der Waals surface area contributed by atoms with Crippen molar-refractivity contribution in [3.63, 3.8) is 0 Å². The van der Waals surface area contributed by atoms with Crippen molar-refractivity contribution < 1.29 is 5.11 Å². The summed E-state index contributed by atoms with van der Waals surface area (Å²) in [7, 11) is 0. The first-order chi connectivity index (χ1) is 9.72. The van der Waals surface area contributed by atoms with Gasteiger partial charge in [-0.3, -0.25) is 0 Å². The van der Waals surface area contributed by atoms with Crippen molar-refractivity contribution in [2.24, 2.45) is 17.3 Å². The average Bonchev–Trinajstić information content (AvgIpc) is 3.00. The molecule has 0 amide bonds. The fourth-order valence-corrected chi connectivity index (χ4v) is 4.64. The van der Waals surface area contributed by atoms with E-state index in [1.807, 2.05) is 12.1 Å². The van der Waals surface area contributed by atoms with Gasteiger partial charge in [-0.1, -0.05) is 25.5 Å². The number of nitrogens with one attached hydrogen (secondary N) is 1. The molecule has 2 aliphatic carbocycles. The Labute approximate surface area is 122 Å². The van der Waals surface area contributed by atoms with E-state index in [-0.39, 0.29) is 0 Å². The zero-order chi connectivity index (χ0) is 14.0. The average molecular weight is 273 g/mol. The minimum Gasteiger partial charge on any atom is -0.508 e. The second-order valence-corrected chi connectivity index (χ2v) is 6.97. The molecule has 20 heavy (non-hydrogen) atoms. The van der Waals surface area contributed by atoms with E-state index in [0.717, 1.165) is 31.3 Å². The maximum absolute atomic E-state index is 9.70. The van der Waals surface area contributed by atoms with Crippen LogP contribution in [0.15, 0.2) is 24.3 Å². The Kier molecular flexibility index (Phi) is 4.02. The lowest BCUT2D eigenvalue weighted by atomic mass is 9.69. The Morgan fingerprint density at radius 3 is 2.90 bits per heavy atom. The second kappa shape index (κ2) is 5.77. The van der Waals surface area contributed by atoms with Crippen molar-refractivity contribution >= 4 is 0 Å². The predicted octanol–water partition coefficient (Wildman–Crippen LogP) is 3.74. The molecule has 2 heteroatoms. The molecule has 2 N–H and O–H groups in total. The molecule has 1 aromatic rings. The van der Waals surface area contributed by atoms with Crippen molar-refractivity contribution in [3.05, 3.63) is 29.8 Å². The van der Waals surface area contributed by atoms with Gasteiger partial charge in [0.1, 0.15) is 5.75 Å². The third-order valence-electron chi connectivity index (χ3n) is 5.47. The molecule has 0 radical (unpaired) electrons. The van der Waals surface area contributed by atoms with Crippen molar-refractivity contribution in [1.82, 2.24) is 5.32 Å². The maximum Gasteiger partial charge on any atom is 0.115 e. The van der Waals surface area contributed by atoms with E-state index in [4.69, 9.17) is 0 Å². The topological polar surface area (TPSA) is 32.3 Å². The van der Waals surface area contributed by atoms with Crippen molar-refractivity contribution in [1.29, 1.82) is 0 Å². The van der Waals surface area contributed by atoms with Crippen LogP contribution in [0.5, 0.6) is 5.75 Å². The number of aromatic hydroxyl groups is 1. The molecule has 3 atom stereocenters. The van der Waals surface area contributed by atoms with Crippen LogP contribution in [0.2, 0.25) is 0 Å². The van der Waals surface area contributed by atoms with Crippen LogP contribution in [0.4, 0.5) is 0 Å². The maximum atomic E-state index is 9.70. The van der Waals surface area contributed by atoms with Gasteiger partial charge >= 0.3 is 0 Å². The summed E-state index contributed by atoms with van der Waals surface area (Å²) in [5.41, 5.74) is 1.74. The normalized spacial score (nSPS) is 31.9. The van der Waals surface area contributed by atoms with Crippen molar-refractivity contribution in [2.45, 2.75) is 45.4 Å².